The smallest absolute Gasteiger partial charge is 0.322 e. The molecule has 1 aromatic carbocycles. The van der Waals surface area contributed by atoms with Gasteiger partial charge in [-0.3, -0.25) is 14.9 Å². The van der Waals surface area contributed by atoms with Gasteiger partial charge in [-0.05, 0) is 63.8 Å². The Morgan fingerprint density at radius 1 is 1.09 bits per heavy atom. The lowest BCUT2D eigenvalue weighted by atomic mass is 10.1. The van der Waals surface area contributed by atoms with Crippen LogP contribution >= 0.6 is 0 Å². The van der Waals surface area contributed by atoms with E-state index < -0.39 is 18.0 Å². The fraction of sp³-hybridized carbons (Fsp3) is 0.484. The van der Waals surface area contributed by atoms with Crippen LogP contribution in [0.25, 0.3) is 6.08 Å². The number of likely N-dealkylation sites (N-methyl/N-ethyl adjacent to an activating group) is 1. The van der Waals surface area contributed by atoms with E-state index in [1.807, 2.05) is 31.2 Å². The Balaban J connectivity index is 0.000000255. The molecule has 2 N–H and O–H groups in total. The predicted octanol–water partition coefficient (Wildman–Crippen LogP) is 1.94. The van der Waals surface area contributed by atoms with Crippen LogP contribution in [0.15, 0.2) is 36.1 Å². The van der Waals surface area contributed by atoms with Crippen molar-refractivity contribution in [3.63, 3.8) is 0 Å². The molecule has 0 radical (unpaired) electrons. The summed E-state index contributed by atoms with van der Waals surface area (Å²) in [6.45, 7) is 8.43. The minimum absolute atomic E-state index is 0.00130. The lowest BCUT2D eigenvalue weighted by Crippen LogP contribution is -2.35. The average Bonchev–Trinajstić information content (AvgIpc) is 3.17. The van der Waals surface area contributed by atoms with Gasteiger partial charge in [0.2, 0.25) is 0 Å². The molecule has 2 aromatic rings. The van der Waals surface area contributed by atoms with Crippen LogP contribution in [0.1, 0.15) is 33.6 Å². The zero-order valence-corrected chi connectivity index (χ0v) is 26.0. The molecule has 1 aromatic heterocycles. The molecular weight excluding hydrogens is 550 g/mol. The molecule has 4 amide bonds. The maximum Gasteiger partial charge on any atom is 0.322 e. The van der Waals surface area contributed by atoms with Crippen molar-refractivity contribution >= 4 is 29.7 Å². The highest BCUT2D eigenvalue weighted by atomic mass is 16.5. The first-order valence-electron chi connectivity index (χ1n) is 14.5. The molecule has 0 aliphatic carbocycles. The number of nitrogens with one attached hydrogen (secondary N) is 2. The normalized spacial score (nSPS) is 18.3. The fourth-order valence-corrected chi connectivity index (χ4v) is 5.00. The van der Waals surface area contributed by atoms with Crippen LogP contribution in [-0.2, 0) is 16.1 Å². The number of carbonyl (C=O) groups excluding carboxylic acids is 3. The van der Waals surface area contributed by atoms with E-state index in [1.54, 1.807) is 38.2 Å². The molecule has 3 aliphatic heterocycles. The number of hydrogen-bond acceptors (Lipinski definition) is 9. The Bertz CT molecular complexity index is 1360. The van der Waals surface area contributed by atoms with Crippen molar-refractivity contribution in [3.05, 3.63) is 58.5 Å². The molecule has 0 saturated carbocycles. The molecule has 0 spiro atoms. The van der Waals surface area contributed by atoms with Crippen molar-refractivity contribution in [2.75, 3.05) is 79.5 Å². The SMILES string of the molecule is CN(C)CCN1CCCN(c2ccc3c(n2)C=C(C2NC(=O)NC2=O)OC3)CC1.COc1ccc(C)c(C(=O)N(C)C)c1. The van der Waals surface area contributed by atoms with E-state index in [2.05, 4.69) is 39.4 Å². The number of benzene rings is 1. The fourth-order valence-electron chi connectivity index (χ4n) is 5.00. The monoisotopic (exact) mass is 593 g/mol. The second-order valence-corrected chi connectivity index (χ2v) is 11.3. The third-order valence-corrected chi connectivity index (χ3v) is 7.59. The topological polar surface area (TPSA) is 120 Å². The Kier molecular flexibility index (Phi) is 10.6. The van der Waals surface area contributed by atoms with Crippen molar-refractivity contribution in [3.8, 4) is 5.75 Å². The number of amides is 4. The number of pyridine rings is 1. The zero-order valence-electron chi connectivity index (χ0n) is 26.0. The number of urea groups is 1. The van der Waals surface area contributed by atoms with Crippen LogP contribution in [0, 0.1) is 6.92 Å². The minimum Gasteiger partial charge on any atom is -0.497 e. The van der Waals surface area contributed by atoms with Crippen LogP contribution in [0.3, 0.4) is 0 Å². The molecular formula is C31H43N7O5. The van der Waals surface area contributed by atoms with Gasteiger partial charge in [-0.15, -0.1) is 0 Å². The van der Waals surface area contributed by atoms with Crippen molar-refractivity contribution in [1.82, 2.24) is 30.3 Å². The number of rotatable bonds is 7. The summed E-state index contributed by atoms with van der Waals surface area (Å²) in [4.78, 5) is 48.5. The Labute approximate surface area is 253 Å². The van der Waals surface area contributed by atoms with Gasteiger partial charge in [-0.2, -0.15) is 0 Å². The van der Waals surface area contributed by atoms with Crippen LogP contribution in [-0.4, -0.2) is 118 Å². The number of aromatic nitrogens is 1. The first-order chi connectivity index (χ1) is 20.5. The van der Waals surface area contributed by atoms with Gasteiger partial charge in [0.05, 0.1) is 12.8 Å². The summed E-state index contributed by atoms with van der Waals surface area (Å²) in [5, 5.41) is 4.81. The molecule has 43 heavy (non-hydrogen) atoms. The molecule has 4 heterocycles. The molecule has 2 fully saturated rings. The van der Waals surface area contributed by atoms with Gasteiger partial charge in [0.25, 0.3) is 11.8 Å². The predicted molar refractivity (Wildman–Crippen MR) is 165 cm³/mol. The molecule has 5 rings (SSSR count). The lowest BCUT2D eigenvalue weighted by Gasteiger charge is -2.25. The van der Waals surface area contributed by atoms with E-state index in [-0.39, 0.29) is 5.91 Å². The quantitative estimate of drug-likeness (QED) is 0.464. The van der Waals surface area contributed by atoms with E-state index in [1.165, 1.54) is 0 Å². The van der Waals surface area contributed by atoms with Gasteiger partial charge in [0.15, 0.2) is 6.04 Å². The first kappa shape index (κ1) is 31.8. The molecule has 12 heteroatoms. The highest BCUT2D eigenvalue weighted by Gasteiger charge is 2.35. The van der Waals surface area contributed by atoms with Gasteiger partial charge in [-0.25, -0.2) is 9.78 Å². The molecule has 1 atom stereocenters. The summed E-state index contributed by atoms with van der Waals surface area (Å²) in [5.41, 5.74) is 3.43. The number of hydrogen-bond donors (Lipinski definition) is 2. The van der Waals surface area contributed by atoms with Crippen molar-refractivity contribution in [2.24, 2.45) is 0 Å². The van der Waals surface area contributed by atoms with E-state index in [0.717, 1.165) is 68.3 Å². The summed E-state index contributed by atoms with van der Waals surface area (Å²) in [6.07, 6.45) is 2.87. The zero-order chi connectivity index (χ0) is 31.1. The van der Waals surface area contributed by atoms with E-state index >= 15 is 0 Å². The average molecular weight is 594 g/mol. The third-order valence-electron chi connectivity index (χ3n) is 7.59. The number of carbonyl (C=O) groups is 3. The maximum absolute atomic E-state index is 11.9. The van der Waals surface area contributed by atoms with Crippen LogP contribution in [0.5, 0.6) is 5.75 Å². The Morgan fingerprint density at radius 2 is 1.88 bits per heavy atom. The van der Waals surface area contributed by atoms with Gasteiger partial charge in [0.1, 0.15) is 23.9 Å². The van der Waals surface area contributed by atoms with Gasteiger partial charge in [0, 0.05) is 64.0 Å². The highest BCUT2D eigenvalue weighted by molar-refractivity contribution is 6.06. The first-order valence-corrected chi connectivity index (χ1v) is 14.5. The molecule has 12 nitrogen and oxygen atoms in total. The molecule has 232 valence electrons. The molecule has 3 aliphatic rings. The van der Waals surface area contributed by atoms with Gasteiger partial charge in [-0.1, -0.05) is 6.07 Å². The highest BCUT2D eigenvalue weighted by Crippen LogP contribution is 2.26. The molecule has 2 saturated heterocycles. The standard InChI is InChI=1S/C20H28N6O3.C11H15NO2/c1-24(2)8-9-25-6-3-7-26(11-10-25)17-5-4-14-13-29-16(12-15(14)21-17)18-19(27)23-20(28)22-18;1-8-5-6-9(14-4)7-10(8)11(13)12(2)3/h4-5,12,18H,3,6-11,13H2,1-2H3,(H2,22,23,27,28);5-7H,1-4H3. The summed E-state index contributed by atoms with van der Waals surface area (Å²) in [5.74, 6) is 1.68. The number of ether oxygens (including phenoxy) is 2. The van der Waals surface area contributed by atoms with Gasteiger partial charge < -0.3 is 34.4 Å². The number of fused-ring (bicyclic) bond motifs is 1. The molecule has 0 bridgehead atoms. The largest absolute Gasteiger partial charge is 0.497 e. The van der Waals surface area contributed by atoms with Crippen molar-refractivity contribution in [2.45, 2.75) is 26.0 Å². The summed E-state index contributed by atoms with van der Waals surface area (Å²) < 4.78 is 10.8. The number of anilines is 1. The van der Waals surface area contributed by atoms with Crippen molar-refractivity contribution in [1.29, 1.82) is 0 Å². The number of nitrogens with zero attached hydrogens (tertiary/aromatic N) is 5. The van der Waals surface area contributed by atoms with Crippen LogP contribution in [0.2, 0.25) is 0 Å². The lowest BCUT2D eigenvalue weighted by molar-refractivity contribution is -0.120. The second kappa shape index (κ2) is 14.3. The van der Waals surface area contributed by atoms with Crippen LogP contribution < -0.4 is 20.3 Å². The summed E-state index contributed by atoms with van der Waals surface area (Å²) in [6, 6.07) is 8.28. The Morgan fingerprint density at radius 3 is 2.56 bits per heavy atom. The third kappa shape index (κ3) is 8.23. The molecule has 1 unspecified atom stereocenters. The Hall–Kier alpha value is -4.16. The summed E-state index contributed by atoms with van der Waals surface area (Å²) in [7, 11) is 9.28. The maximum atomic E-state index is 11.9. The number of methoxy groups -OCH3 is 1. The van der Waals surface area contributed by atoms with E-state index in [0.29, 0.717) is 23.7 Å². The number of aryl methyl sites for hydroxylation is 1. The van der Waals surface area contributed by atoms with E-state index in [9.17, 15) is 14.4 Å². The van der Waals surface area contributed by atoms with Crippen molar-refractivity contribution < 1.29 is 23.9 Å². The number of imide groups is 1. The summed E-state index contributed by atoms with van der Waals surface area (Å²) >= 11 is 0. The minimum atomic E-state index is -0.787. The second-order valence-electron chi connectivity index (χ2n) is 11.3. The van der Waals surface area contributed by atoms with Gasteiger partial charge >= 0.3 is 6.03 Å². The van der Waals surface area contributed by atoms with Crippen LogP contribution in [0.4, 0.5) is 10.6 Å². The van der Waals surface area contributed by atoms with E-state index in [4.69, 9.17) is 14.5 Å².